The lowest BCUT2D eigenvalue weighted by molar-refractivity contribution is -0.141. The first-order valence-corrected chi connectivity index (χ1v) is 25.3. The van der Waals surface area contributed by atoms with Crippen molar-refractivity contribution in [1.29, 1.82) is 0 Å². The molecule has 0 radical (unpaired) electrons. The summed E-state index contributed by atoms with van der Waals surface area (Å²) in [5, 5.41) is 42.0. The Morgan fingerprint density at radius 1 is 0.527 bits per heavy atom. The molecule has 11 rings (SSSR count). The van der Waals surface area contributed by atoms with Gasteiger partial charge in [0.1, 0.15) is 5.75 Å². The molecule has 10 nitrogen and oxygen atoms in total. The summed E-state index contributed by atoms with van der Waals surface area (Å²) in [4.78, 5) is 14.8. The van der Waals surface area contributed by atoms with Crippen LogP contribution in [-0.4, -0.2) is 65.5 Å². The molecule has 5 saturated heterocycles. The Hall–Kier alpha value is -1.23. The van der Waals surface area contributed by atoms with E-state index >= 15 is 0 Å². The minimum atomic E-state index is -0.627. The van der Waals surface area contributed by atoms with E-state index < -0.39 is 5.04 Å². The monoisotopic (exact) mass is 804 g/mol. The van der Waals surface area contributed by atoms with Crippen LogP contribution in [0, 0.1) is 53.3 Å². The second kappa shape index (κ2) is 15.1. The molecular formula is C42H64N8O2S2Si. The molecule has 18 atom stereocenters. The molecule has 9 aliphatic rings. The van der Waals surface area contributed by atoms with Crippen molar-refractivity contribution in [3.05, 3.63) is 39.2 Å². The van der Waals surface area contributed by atoms with Gasteiger partial charge in [0.15, 0.2) is 0 Å². The highest BCUT2D eigenvalue weighted by Gasteiger charge is 2.59. The highest BCUT2D eigenvalue weighted by molar-refractivity contribution is 7.08. The lowest BCUT2D eigenvalue weighted by Gasteiger charge is -2.46. The van der Waals surface area contributed by atoms with Crippen LogP contribution < -0.4 is 47.3 Å². The molecule has 2 aromatic rings. The van der Waals surface area contributed by atoms with Crippen molar-refractivity contribution in [2.75, 3.05) is 0 Å². The molecule has 18 unspecified atom stereocenters. The molecule has 8 N–H and O–H groups in total. The number of thiophene rings is 2. The number of carbonyl (C=O) groups excluding carboxylic acids is 1. The Morgan fingerprint density at radius 3 is 1.35 bits per heavy atom. The number of esters is 1. The molecule has 4 aliphatic carbocycles. The maximum Gasteiger partial charge on any atom is 0.318 e. The molecular weight excluding hydrogens is 741 g/mol. The van der Waals surface area contributed by atoms with Crippen LogP contribution in [-0.2, 0) is 9.83 Å². The summed E-state index contributed by atoms with van der Waals surface area (Å²) in [5.41, 5.74) is 1.17. The molecule has 0 spiro atoms. The second-order valence-electron chi connectivity index (χ2n) is 19.3. The van der Waals surface area contributed by atoms with E-state index in [0.29, 0.717) is 88.0 Å². The van der Waals surface area contributed by atoms with E-state index in [0.717, 1.165) is 12.8 Å². The smallest absolute Gasteiger partial charge is 0.318 e. The van der Waals surface area contributed by atoms with Gasteiger partial charge in [-0.1, -0.05) is 44.9 Å². The maximum absolute atomic E-state index is 14.8. The number of hydrogen-bond acceptors (Lipinski definition) is 12. The molecule has 0 amide bonds. The maximum atomic E-state index is 14.8. The zero-order chi connectivity index (χ0) is 36.7. The Kier molecular flexibility index (Phi) is 10.1. The Labute approximate surface area is 338 Å². The van der Waals surface area contributed by atoms with E-state index in [4.69, 9.17) is 4.74 Å². The first kappa shape index (κ1) is 36.8. The number of carbonyl (C=O) groups is 1. The van der Waals surface area contributed by atoms with Gasteiger partial charge in [0.05, 0.1) is 54.4 Å². The summed E-state index contributed by atoms with van der Waals surface area (Å²) in [5.74, 6) is 5.37. The number of rotatable bonds is 4. The van der Waals surface area contributed by atoms with Crippen LogP contribution in [0.15, 0.2) is 33.7 Å². The van der Waals surface area contributed by atoms with Gasteiger partial charge in [-0.3, -0.25) is 47.3 Å². The summed E-state index contributed by atoms with van der Waals surface area (Å²) in [7, 11) is 0.699. The molecule has 0 aromatic carbocycles. The highest BCUT2D eigenvalue weighted by Crippen LogP contribution is 2.52. The van der Waals surface area contributed by atoms with Crippen molar-refractivity contribution >= 4 is 38.9 Å². The summed E-state index contributed by atoms with van der Waals surface area (Å²) >= 11 is 3.30. The Morgan fingerprint density at radius 2 is 0.927 bits per heavy atom. The normalized spacial score (nSPS) is 47.6. The average molecular weight is 805 g/mol. The third-order valence-electron chi connectivity index (χ3n) is 16.9. The van der Waals surface area contributed by atoms with Gasteiger partial charge in [0.2, 0.25) is 0 Å². The predicted octanol–water partition coefficient (Wildman–Crippen LogP) is 3.82. The fourth-order valence-electron chi connectivity index (χ4n) is 14.3. The Balaban J connectivity index is 0.968. The number of ether oxygens (including phenoxy) is 1. The topological polar surface area (TPSA) is 123 Å². The molecule has 13 heteroatoms. The molecule has 9 fully saturated rings. The molecule has 4 saturated carbocycles. The van der Waals surface area contributed by atoms with Crippen LogP contribution in [0.2, 0.25) is 0 Å². The van der Waals surface area contributed by atoms with Gasteiger partial charge in [0, 0.05) is 15.6 Å². The number of fused-ring (bicyclic) bond motifs is 20. The quantitative estimate of drug-likeness (QED) is 0.171. The van der Waals surface area contributed by atoms with Gasteiger partial charge in [-0.05, 0) is 138 Å². The SMILES string of the molecule is O=C(Oc1ccsc1)C([SiH3])(c1ccsc1)C1CCCC2C3NC4NC(NC5NC(NC6NC(NC(N3)C21)C1CCCCC61)C1CCCCC51)C1CCCCC41. The number of nitrogens with one attached hydrogen (secondary N) is 8. The lowest BCUT2D eigenvalue weighted by atomic mass is 9.65. The first-order chi connectivity index (χ1) is 27.0. The van der Waals surface area contributed by atoms with Crippen molar-refractivity contribution in [3.8, 4) is 5.75 Å². The standard InChI is InChI=1S/C42H64N8O2S2Si/c51-41(52-23-17-19-54-21-23)42(55,22-16-18-53-20-22)31-15-7-14-30-32(31)40-49-38-29-13-6-5-12-28(29)36(47-38)45-34-25-9-2-1-8-24(25)33(43-34)44-35-26-10-3-4-11-27(26)37(46-35)48-39(30)50-40/h16-21,24-40,43-50H,1-15H2,55H3. The van der Waals surface area contributed by atoms with E-state index in [1.165, 1.54) is 89.0 Å². The summed E-state index contributed by atoms with van der Waals surface area (Å²) in [6, 6.07) is 4.17. The van der Waals surface area contributed by atoms with Crippen molar-refractivity contribution < 1.29 is 9.53 Å². The lowest BCUT2D eigenvalue weighted by Crippen LogP contribution is -2.62. The average Bonchev–Trinajstić information content (AvgIpc) is 4.08. The molecule has 300 valence electrons. The summed E-state index contributed by atoms with van der Waals surface area (Å²) in [6.07, 6.45) is 21.3. The van der Waals surface area contributed by atoms with Crippen molar-refractivity contribution in [3.63, 3.8) is 0 Å². The third-order valence-corrected chi connectivity index (χ3v) is 20.0. The van der Waals surface area contributed by atoms with Crippen molar-refractivity contribution in [2.24, 2.45) is 53.3 Å². The van der Waals surface area contributed by atoms with Crippen LogP contribution in [0.1, 0.15) is 102 Å². The molecule has 5 aliphatic heterocycles. The molecule has 2 aromatic heterocycles. The first-order valence-electron chi connectivity index (χ1n) is 22.4. The molecule has 8 bridgehead atoms. The van der Waals surface area contributed by atoms with E-state index in [1.807, 2.05) is 16.8 Å². The van der Waals surface area contributed by atoms with Crippen molar-refractivity contribution in [2.45, 2.75) is 151 Å². The largest absolute Gasteiger partial charge is 0.425 e. The minimum Gasteiger partial charge on any atom is -0.425 e. The predicted molar refractivity (Wildman–Crippen MR) is 222 cm³/mol. The third kappa shape index (κ3) is 6.40. The molecule has 55 heavy (non-hydrogen) atoms. The van der Waals surface area contributed by atoms with Crippen LogP contribution in [0.3, 0.4) is 0 Å². The van der Waals surface area contributed by atoms with E-state index in [2.05, 4.69) is 59.4 Å². The highest BCUT2D eigenvalue weighted by atomic mass is 32.1. The van der Waals surface area contributed by atoms with E-state index in [-0.39, 0.29) is 36.6 Å². The van der Waals surface area contributed by atoms with Gasteiger partial charge in [-0.25, -0.2) is 0 Å². The van der Waals surface area contributed by atoms with Crippen LogP contribution in [0.4, 0.5) is 0 Å². The van der Waals surface area contributed by atoms with Crippen LogP contribution >= 0.6 is 22.7 Å². The fraction of sp³-hybridized carbons (Fsp3) is 0.786. The minimum absolute atomic E-state index is 0.0502. The summed E-state index contributed by atoms with van der Waals surface area (Å²) in [6.45, 7) is 0. The van der Waals surface area contributed by atoms with Gasteiger partial charge in [0.25, 0.3) is 0 Å². The number of hydrogen-bond donors (Lipinski definition) is 8. The zero-order valence-corrected chi connectivity index (χ0v) is 36.2. The van der Waals surface area contributed by atoms with Crippen LogP contribution in [0.5, 0.6) is 5.75 Å². The van der Waals surface area contributed by atoms with E-state index in [9.17, 15) is 4.79 Å². The zero-order valence-electron chi connectivity index (χ0n) is 32.5. The summed E-state index contributed by atoms with van der Waals surface area (Å²) < 4.78 is 6.32. The Bertz CT molecular complexity index is 1650. The fourth-order valence-corrected chi connectivity index (χ4v) is 16.9. The second-order valence-corrected chi connectivity index (χ2v) is 22.5. The van der Waals surface area contributed by atoms with Gasteiger partial charge >= 0.3 is 5.97 Å². The molecule has 7 heterocycles. The van der Waals surface area contributed by atoms with Gasteiger partial charge in [-0.15, -0.1) is 11.3 Å². The van der Waals surface area contributed by atoms with Crippen LogP contribution in [0.25, 0.3) is 0 Å². The van der Waals surface area contributed by atoms with E-state index in [1.54, 1.807) is 22.7 Å². The van der Waals surface area contributed by atoms with Crippen molar-refractivity contribution in [1.82, 2.24) is 42.5 Å². The van der Waals surface area contributed by atoms with Gasteiger partial charge < -0.3 is 4.74 Å². The van der Waals surface area contributed by atoms with Gasteiger partial charge in [-0.2, -0.15) is 11.3 Å².